The van der Waals surface area contributed by atoms with Gasteiger partial charge in [0.25, 0.3) is 17.6 Å². The number of H-pyrrole nitrogens is 1. The number of fused-ring (bicyclic) bond motifs is 1. The van der Waals surface area contributed by atoms with Gasteiger partial charge in [0.15, 0.2) is 0 Å². The largest absolute Gasteiger partial charge is 0.357 e. The number of carbonyl (C=O) groups is 4. The number of anilines is 1. The van der Waals surface area contributed by atoms with Gasteiger partial charge in [-0.05, 0) is 25.1 Å². The number of hydrogen-bond donors (Lipinski definition) is 1. The van der Waals surface area contributed by atoms with Gasteiger partial charge in [-0.25, -0.2) is 0 Å². The van der Waals surface area contributed by atoms with E-state index in [2.05, 4.69) is 9.97 Å². The number of piperazine rings is 1. The number of Topliss-reactive ketones (excluding diaryl/α,β-unsaturated/α-hetero) is 1. The average molecular weight is 433 g/mol. The molecule has 1 fully saturated rings. The van der Waals surface area contributed by atoms with Crippen molar-refractivity contribution in [1.29, 1.82) is 0 Å². The van der Waals surface area contributed by atoms with Crippen LogP contribution in [-0.2, 0) is 9.59 Å². The summed E-state index contributed by atoms with van der Waals surface area (Å²) in [5.41, 5.74) is 2.14. The van der Waals surface area contributed by atoms with Gasteiger partial charge >= 0.3 is 0 Å². The van der Waals surface area contributed by atoms with Gasteiger partial charge < -0.3 is 19.7 Å². The number of rotatable bonds is 5. The van der Waals surface area contributed by atoms with E-state index in [1.54, 1.807) is 30.1 Å². The quantitative estimate of drug-likeness (QED) is 0.375. The Morgan fingerprint density at radius 2 is 1.91 bits per heavy atom. The average Bonchev–Trinajstić information content (AvgIpc) is 3.27. The maximum Gasteiger partial charge on any atom is 0.295 e. The van der Waals surface area contributed by atoms with Gasteiger partial charge in [0, 0.05) is 50.7 Å². The van der Waals surface area contributed by atoms with Crippen LogP contribution in [0.2, 0.25) is 0 Å². The van der Waals surface area contributed by atoms with Crippen molar-refractivity contribution in [3.05, 3.63) is 59.9 Å². The minimum Gasteiger partial charge on any atom is -0.357 e. The van der Waals surface area contributed by atoms with Crippen LogP contribution in [0.5, 0.6) is 0 Å². The van der Waals surface area contributed by atoms with Crippen molar-refractivity contribution < 1.29 is 19.2 Å². The second-order valence-corrected chi connectivity index (χ2v) is 7.77. The highest BCUT2D eigenvalue weighted by Gasteiger charge is 2.34. The summed E-state index contributed by atoms with van der Waals surface area (Å²) in [6.45, 7) is 2.73. The van der Waals surface area contributed by atoms with Crippen LogP contribution < -0.4 is 4.90 Å². The summed E-state index contributed by atoms with van der Waals surface area (Å²) >= 11 is 0. The zero-order chi connectivity index (χ0) is 22.8. The molecule has 32 heavy (non-hydrogen) atoms. The fourth-order valence-electron chi connectivity index (χ4n) is 3.98. The molecule has 9 nitrogen and oxygen atoms in total. The molecule has 0 aliphatic carbocycles. The second kappa shape index (κ2) is 8.62. The van der Waals surface area contributed by atoms with Gasteiger partial charge in [0.1, 0.15) is 5.52 Å². The second-order valence-electron chi connectivity index (χ2n) is 7.77. The third-order valence-corrected chi connectivity index (χ3v) is 5.72. The Morgan fingerprint density at radius 3 is 2.59 bits per heavy atom. The molecule has 0 bridgehead atoms. The summed E-state index contributed by atoms with van der Waals surface area (Å²) in [4.78, 5) is 61.6. The smallest absolute Gasteiger partial charge is 0.295 e. The molecular formula is C23H23N5O4. The molecular weight excluding hydrogens is 410 g/mol. The van der Waals surface area contributed by atoms with E-state index >= 15 is 0 Å². The monoisotopic (exact) mass is 433 g/mol. The molecule has 0 unspecified atom stereocenters. The number of hydrogen-bond acceptors (Lipinski definition) is 5. The van der Waals surface area contributed by atoms with Crippen LogP contribution in [0, 0.1) is 0 Å². The summed E-state index contributed by atoms with van der Waals surface area (Å²) in [6.07, 6.45) is 3.58. The molecule has 1 aromatic carbocycles. The number of amides is 3. The van der Waals surface area contributed by atoms with Gasteiger partial charge in [-0.15, -0.1) is 0 Å². The maximum atomic E-state index is 13.0. The maximum absolute atomic E-state index is 13.0. The Kier molecular flexibility index (Phi) is 5.72. The first-order valence-electron chi connectivity index (χ1n) is 10.3. The SMILES string of the molecule is C[C@@H]1CN(C(=O)C(=O)c2c[nH]c3c(N(C)C=O)ccnc23)CCN1C(=O)c1ccccc1. The van der Waals surface area contributed by atoms with Crippen molar-refractivity contribution in [2.45, 2.75) is 13.0 Å². The van der Waals surface area contributed by atoms with Crippen LogP contribution >= 0.6 is 0 Å². The Morgan fingerprint density at radius 1 is 1.16 bits per heavy atom. The Hall–Kier alpha value is -4.01. The number of aromatic amines is 1. The summed E-state index contributed by atoms with van der Waals surface area (Å²) in [6, 6.07) is 10.4. The number of aromatic nitrogens is 2. The zero-order valence-electron chi connectivity index (χ0n) is 17.8. The van der Waals surface area contributed by atoms with Crippen molar-refractivity contribution in [3.8, 4) is 0 Å². The molecule has 164 valence electrons. The third kappa shape index (κ3) is 3.73. The van der Waals surface area contributed by atoms with Crippen molar-refractivity contribution in [3.63, 3.8) is 0 Å². The normalized spacial score (nSPS) is 16.1. The fraction of sp³-hybridized carbons (Fsp3) is 0.261. The number of nitrogens with one attached hydrogen (secondary N) is 1. The fourth-order valence-corrected chi connectivity index (χ4v) is 3.98. The van der Waals surface area contributed by atoms with E-state index in [9.17, 15) is 19.2 Å². The molecule has 1 atom stereocenters. The van der Waals surface area contributed by atoms with Crippen molar-refractivity contribution in [1.82, 2.24) is 19.8 Å². The highest BCUT2D eigenvalue weighted by molar-refractivity contribution is 6.44. The van der Waals surface area contributed by atoms with Crippen LogP contribution in [0.25, 0.3) is 11.0 Å². The van der Waals surface area contributed by atoms with Gasteiger partial charge in [-0.1, -0.05) is 18.2 Å². The predicted octanol–water partition coefficient (Wildman–Crippen LogP) is 1.71. The van der Waals surface area contributed by atoms with Crippen molar-refractivity contribution in [2.75, 3.05) is 31.6 Å². The first-order chi connectivity index (χ1) is 15.4. The molecule has 9 heteroatoms. The number of carbonyl (C=O) groups excluding carboxylic acids is 4. The third-order valence-electron chi connectivity index (χ3n) is 5.72. The van der Waals surface area contributed by atoms with E-state index in [4.69, 9.17) is 0 Å². The highest BCUT2D eigenvalue weighted by atomic mass is 16.2. The predicted molar refractivity (Wildman–Crippen MR) is 118 cm³/mol. The summed E-state index contributed by atoms with van der Waals surface area (Å²) in [7, 11) is 1.59. The van der Waals surface area contributed by atoms with Crippen LogP contribution in [0.3, 0.4) is 0 Å². The van der Waals surface area contributed by atoms with Gasteiger partial charge in [-0.2, -0.15) is 0 Å². The van der Waals surface area contributed by atoms with E-state index in [-0.39, 0.29) is 30.6 Å². The van der Waals surface area contributed by atoms with Crippen molar-refractivity contribution >= 4 is 40.7 Å². The van der Waals surface area contributed by atoms with Gasteiger partial charge in [-0.3, -0.25) is 24.2 Å². The Labute approximate surface area is 184 Å². The minimum absolute atomic E-state index is 0.0934. The summed E-state index contributed by atoms with van der Waals surface area (Å²) in [5.74, 6) is -1.41. The van der Waals surface area contributed by atoms with Crippen LogP contribution in [-0.4, -0.2) is 76.5 Å². The van der Waals surface area contributed by atoms with E-state index in [1.165, 1.54) is 22.2 Å². The molecule has 1 saturated heterocycles. The topological polar surface area (TPSA) is 107 Å². The lowest BCUT2D eigenvalue weighted by Crippen LogP contribution is -2.56. The molecule has 1 aliphatic heterocycles. The molecule has 0 spiro atoms. The summed E-state index contributed by atoms with van der Waals surface area (Å²) in [5, 5.41) is 0. The number of ketones is 1. The molecule has 3 amide bonds. The standard InChI is InChI=1S/C23H23N5O4/c1-15-13-27(10-11-28(15)22(31)16-6-4-3-5-7-16)23(32)21(30)17-12-25-20-18(26(2)14-29)8-9-24-19(17)20/h3-9,12,14-15,25H,10-11,13H2,1-2H3/t15-/m1/s1. The molecule has 0 radical (unpaired) electrons. The van der Waals surface area contributed by atoms with Crippen LogP contribution in [0.1, 0.15) is 27.6 Å². The van der Waals surface area contributed by atoms with Crippen LogP contribution in [0.4, 0.5) is 5.69 Å². The van der Waals surface area contributed by atoms with Crippen LogP contribution in [0.15, 0.2) is 48.8 Å². The summed E-state index contributed by atoms with van der Waals surface area (Å²) < 4.78 is 0. The molecule has 4 rings (SSSR count). The highest BCUT2D eigenvalue weighted by Crippen LogP contribution is 2.26. The van der Waals surface area contributed by atoms with E-state index in [1.807, 2.05) is 25.1 Å². The Balaban J connectivity index is 1.50. The number of nitrogens with zero attached hydrogens (tertiary/aromatic N) is 4. The lowest BCUT2D eigenvalue weighted by Gasteiger charge is -2.39. The lowest BCUT2D eigenvalue weighted by molar-refractivity contribution is -0.128. The number of benzene rings is 1. The van der Waals surface area contributed by atoms with E-state index in [0.717, 1.165) is 0 Å². The first-order valence-corrected chi connectivity index (χ1v) is 10.3. The molecule has 1 N–H and O–H groups in total. The molecule has 2 aromatic heterocycles. The molecule has 3 aromatic rings. The molecule has 1 aliphatic rings. The van der Waals surface area contributed by atoms with Crippen molar-refractivity contribution in [2.24, 2.45) is 0 Å². The first kappa shape index (κ1) is 21.2. The number of pyridine rings is 1. The van der Waals surface area contributed by atoms with Gasteiger partial charge in [0.2, 0.25) is 6.41 Å². The molecule has 0 saturated carbocycles. The van der Waals surface area contributed by atoms with E-state index in [0.29, 0.717) is 35.2 Å². The zero-order valence-corrected chi connectivity index (χ0v) is 17.8. The van der Waals surface area contributed by atoms with Gasteiger partial charge in [0.05, 0.1) is 16.8 Å². The molecule has 3 heterocycles. The van der Waals surface area contributed by atoms with E-state index < -0.39 is 11.7 Å². The minimum atomic E-state index is -0.676. The lowest BCUT2D eigenvalue weighted by atomic mass is 10.1. The Bertz CT molecular complexity index is 1190.